The molecule has 2 aliphatic rings. The molecule has 0 aromatic carbocycles. The molecule has 3 rings (SSSR count). The number of nitrogen functional groups attached to an aromatic ring is 1. The van der Waals surface area contributed by atoms with Crippen LogP contribution in [0.5, 0.6) is 0 Å². The van der Waals surface area contributed by atoms with Gasteiger partial charge in [0.05, 0.1) is 12.1 Å². The van der Waals surface area contributed by atoms with Gasteiger partial charge in [0.2, 0.25) is 5.82 Å². The number of hydrazine groups is 1. The minimum Gasteiger partial charge on any atom is -0.376 e. The molecule has 2 heterocycles. The molecule has 4 N–H and O–H groups in total. The highest BCUT2D eigenvalue weighted by molar-refractivity contribution is 5.48. The summed E-state index contributed by atoms with van der Waals surface area (Å²) in [6, 6.07) is 1.33. The summed E-state index contributed by atoms with van der Waals surface area (Å²) in [4.78, 5) is 6.85. The predicted octanol–water partition coefficient (Wildman–Crippen LogP) is 1.76. The predicted molar refractivity (Wildman–Crippen MR) is 69.3 cm³/mol. The molecule has 1 saturated carbocycles. The Morgan fingerprint density at radius 3 is 2.52 bits per heavy atom. The lowest BCUT2D eigenvalue weighted by molar-refractivity contribution is -0.144. The highest BCUT2D eigenvalue weighted by atomic mass is 19.4. The number of nitrogens with two attached hydrogens (primary N) is 1. The molecule has 0 bridgehead atoms. The lowest BCUT2D eigenvalue weighted by Crippen LogP contribution is -2.31. The van der Waals surface area contributed by atoms with Crippen molar-refractivity contribution in [2.45, 2.75) is 37.6 Å². The molecule has 1 aliphatic heterocycles. The number of nitrogens with zero attached hydrogens (tertiary/aromatic N) is 2. The first-order chi connectivity index (χ1) is 9.97. The Morgan fingerprint density at radius 2 is 1.90 bits per heavy atom. The number of ether oxygens (including phenoxy) is 1. The van der Waals surface area contributed by atoms with Gasteiger partial charge < -0.3 is 15.5 Å². The molecule has 1 aliphatic carbocycles. The average Bonchev–Trinajstić information content (AvgIpc) is 3.18. The van der Waals surface area contributed by atoms with Crippen molar-refractivity contribution in [1.82, 2.24) is 9.97 Å². The highest BCUT2D eigenvalue weighted by Gasteiger charge is 2.41. The van der Waals surface area contributed by atoms with Crippen molar-refractivity contribution < 1.29 is 17.9 Å². The summed E-state index contributed by atoms with van der Waals surface area (Å²) in [6.45, 7) is 0.609. The Hall–Kier alpha value is -1.61. The minimum atomic E-state index is -4.62. The Morgan fingerprint density at radius 1 is 1.19 bits per heavy atom. The van der Waals surface area contributed by atoms with Gasteiger partial charge in [0.25, 0.3) is 0 Å². The molecule has 2 unspecified atom stereocenters. The molecular weight excluding hydrogens is 287 g/mol. The maximum absolute atomic E-state index is 12.8. The van der Waals surface area contributed by atoms with Crippen molar-refractivity contribution in [3.8, 4) is 0 Å². The lowest BCUT2D eigenvalue weighted by Gasteiger charge is -2.20. The van der Waals surface area contributed by atoms with Gasteiger partial charge in [-0.1, -0.05) is 0 Å². The average molecular weight is 303 g/mol. The van der Waals surface area contributed by atoms with E-state index in [1.165, 1.54) is 6.07 Å². The minimum absolute atomic E-state index is 0.0286. The number of hydrogen-bond acceptors (Lipinski definition) is 6. The number of anilines is 2. The molecule has 6 nitrogen and oxygen atoms in total. The van der Waals surface area contributed by atoms with E-state index in [4.69, 9.17) is 10.6 Å². The molecule has 116 valence electrons. The highest BCUT2D eigenvalue weighted by Crippen LogP contribution is 2.39. The van der Waals surface area contributed by atoms with Crippen LogP contribution in [-0.4, -0.2) is 28.7 Å². The van der Waals surface area contributed by atoms with Crippen LogP contribution in [0.2, 0.25) is 0 Å². The molecule has 0 radical (unpaired) electrons. The van der Waals surface area contributed by atoms with E-state index in [0.29, 0.717) is 12.5 Å². The molecule has 1 aromatic rings. The van der Waals surface area contributed by atoms with Gasteiger partial charge in [0.1, 0.15) is 11.6 Å². The van der Waals surface area contributed by atoms with Crippen LogP contribution in [0.15, 0.2) is 6.07 Å². The van der Waals surface area contributed by atoms with Gasteiger partial charge in [0.15, 0.2) is 0 Å². The summed E-state index contributed by atoms with van der Waals surface area (Å²) >= 11 is 0. The lowest BCUT2D eigenvalue weighted by atomic mass is 10.1. The maximum atomic E-state index is 12.8. The number of aromatic nitrogens is 2. The first-order valence-electron chi connectivity index (χ1n) is 6.78. The van der Waals surface area contributed by atoms with Gasteiger partial charge in [-0.3, -0.25) is 0 Å². The molecular formula is C12H16F3N5O. The maximum Gasteiger partial charge on any atom is 0.451 e. The molecule has 9 heteroatoms. The third-order valence-electron chi connectivity index (χ3n) is 3.68. The normalized spacial score (nSPS) is 25.9. The van der Waals surface area contributed by atoms with Gasteiger partial charge in [0, 0.05) is 12.7 Å². The zero-order valence-electron chi connectivity index (χ0n) is 11.2. The van der Waals surface area contributed by atoms with Crippen molar-refractivity contribution >= 4 is 11.6 Å². The Kier molecular flexibility index (Phi) is 3.62. The van der Waals surface area contributed by atoms with Gasteiger partial charge in [-0.2, -0.15) is 13.2 Å². The van der Waals surface area contributed by atoms with Gasteiger partial charge in [-0.05, 0) is 25.2 Å². The van der Waals surface area contributed by atoms with Crippen LogP contribution in [0.3, 0.4) is 0 Å². The summed E-state index contributed by atoms with van der Waals surface area (Å²) in [5, 5.41) is 3.03. The summed E-state index contributed by atoms with van der Waals surface area (Å²) in [7, 11) is 0. The number of nitrogens with one attached hydrogen (secondary N) is 2. The Labute approximate surface area is 119 Å². The van der Waals surface area contributed by atoms with E-state index in [9.17, 15) is 13.2 Å². The molecule has 21 heavy (non-hydrogen) atoms. The van der Waals surface area contributed by atoms with Gasteiger partial charge in [-0.15, -0.1) is 0 Å². The Bertz CT molecular complexity index is 520. The van der Waals surface area contributed by atoms with E-state index < -0.39 is 12.0 Å². The van der Waals surface area contributed by atoms with E-state index in [2.05, 4.69) is 20.7 Å². The molecule has 2 fully saturated rings. The van der Waals surface area contributed by atoms with Crippen molar-refractivity contribution in [2.24, 2.45) is 11.8 Å². The van der Waals surface area contributed by atoms with Crippen molar-refractivity contribution in [2.75, 3.05) is 17.3 Å². The van der Waals surface area contributed by atoms with Crippen molar-refractivity contribution in [1.29, 1.82) is 0 Å². The second-order valence-electron chi connectivity index (χ2n) is 5.32. The fourth-order valence-electron chi connectivity index (χ4n) is 2.57. The van der Waals surface area contributed by atoms with E-state index >= 15 is 0 Å². The van der Waals surface area contributed by atoms with Gasteiger partial charge in [-0.25, -0.2) is 15.8 Å². The van der Waals surface area contributed by atoms with Gasteiger partial charge >= 0.3 is 6.18 Å². The zero-order valence-corrected chi connectivity index (χ0v) is 11.2. The third-order valence-corrected chi connectivity index (χ3v) is 3.68. The molecule has 2 atom stereocenters. The monoisotopic (exact) mass is 303 g/mol. The molecule has 0 amide bonds. The number of rotatable bonds is 4. The van der Waals surface area contributed by atoms with E-state index in [0.717, 1.165) is 19.3 Å². The third kappa shape index (κ3) is 3.18. The van der Waals surface area contributed by atoms with Crippen LogP contribution < -0.4 is 16.6 Å². The van der Waals surface area contributed by atoms with Crippen LogP contribution in [0.4, 0.5) is 24.8 Å². The largest absolute Gasteiger partial charge is 0.451 e. The second-order valence-corrected chi connectivity index (χ2v) is 5.32. The summed E-state index contributed by atoms with van der Waals surface area (Å²) in [6.07, 6.45) is -1.61. The summed E-state index contributed by atoms with van der Waals surface area (Å²) in [5.41, 5.74) is 2.13. The van der Waals surface area contributed by atoms with Crippen LogP contribution in [0, 0.1) is 5.92 Å². The smallest absolute Gasteiger partial charge is 0.376 e. The molecule has 1 saturated heterocycles. The number of hydrogen-bond donors (Lipinski definition) is 3. The van der Waals surface area contributed by atoms with Crippen molar-refractivity contribution in [3.63, 3.8) is 0 Å². The fraction of sp³-hybridized carbons (Fsp3) is 0.667. The summed E-state index contributed by atoms with van der Waals surface area (Å²) in [5.74, 6) is 4.47. The fourth-order valence-corrected chi connectivity index (χ4v) is 2.57. The van der Waals surface area contributed by atoms with Crippen LogP contribution in [0.25, 0.3) is 0 Å². The van der Waals surface area contributed by atoms with Crippen molar-refractivity contribution in [3.05, 3.63) is 11.9 Å². The molecule has 1 aromatic heterocycles. The van der Waals surface area contributed by atoms with E-state index in [1.54, 1.807) is 0 Å². The van der Waals surface area contributed by atoms with E-state index in [-0.39, 0.29) is 23.8 Å². The van der Waals surface area contributed by atoms with Crippen LogP contribution in [-0.2, 0) is 10.9 Å². The zero-order chi connectivity index (χ0) is 15.0. The standard InChI is InChI=1S/C12H16F3N5O/c13-12(14,15)11-18-8(5-9(19-11)20-16)17-7-3-4-21-10(7)6-1-2-6/h5-7,10H,1-4,16H2,(H2,17,18,19,20). The Balaban J connectivity index is 1.80. The first-order valence-corrected chi connectivity index (χ1v) is 6.78. The van der Waals surface area contributed by atoms with Crippen LogP contribution >= 0.6 is 0 Å². The van der Waals surface area contributed by atoms with Crippen LogP contribution in [0.1, 0.15) is 25.1 Å². The second kappa shape index (κ2) is 5.30. The SMILES string of the molecule is NNc1cc(NC2CCOC2C2CC2)nc(C(F)(F)F)n1. The number of alkyl halides is 3. The quantitative estimate of drug-likeness (QED) is 0.580. The number of halogens is 3. The van der Waals surface area contributed by atoms with E-state index in [1.807, 2.05) is 0 Å². The molecule has 0 spiro atoms. The topological polar surface area (TPSA) is 85.1 Å². The summed E-state index contributed by atoms with van der Waals surface area (Å²) < 4.78 is 43.9. The first kappa shape index (κ1) is 14.3.